The van der Waals surface area contributed by atoms with Crippen molar-refractivity contribution in [1.29, 1.82) is 0 Å². The predicted molar refractivity (Wildman–Crippen MR) is 154 cm³/mol. The lowest BCUT2D eigenvalue weighted by Crippen LogP contribution is -2.26. The van der Waals surface area contributed by atoms with Gasteiger partial charge in [0.2, 0.25) is 5.91 Å². The van der Waals surface area contributed by atoms with Crippen LogP contribution in [-0.2, 0) is 17.8 Å². The number of unbranched alkanes of at least 4 members (excludes halogenated alkanes) is 1. The van der Waals surface area contributed by atoms with Crippen molar-refractivity contribution >= 4 is 45.8 Å². The van der Waals surface area contributed by atoms with Crippen LogP contribution >= 0.6 is 0 Å². The van der Waals surface area contributed by atoms with Crippen LogP contribution in [0.5, 0.6) is 0 Å². The number of benzene rings is 2. The van der Waals surface area contributed by atoms with E-state index >= 15 is 0 Å². The molecule has 38 heavy (non-hydrogen) atoms. The number of anilines is 1. The van der Waals surface area contributed by atoms with Crippen molar-refractivity contribution in [3.63, 3.8) is 0 Å². The number of rotatable bonds is 10. The van der Waals surface area contributed by atoms with E-state index in [1.807, 2.05) is 37.2 Å². The normalized spacial score (nSPS) is 14.0. The van der Waals surface area contributed by atoms with Crippen LogP contribution in [0.25, 0.3) is 34.2 Å². The summed E-state index contributed by atoms with van der Waals surface area (Å²) in [6, 6.07) is 12.3. The Bertz CT molecular complexity index is 1530. The molecule has 0 unspecified atom stereocenters. The van der Waals surface area contributed by atoms with Gasteiger partial charge in [0, 0.05) is 45.8 Å². The lowest BCUT2D eigenvalue weighted by molar-refractivity contribution is -0.127. The maximum absolute atomic E-state index is 12.6. The molecular formula is C30H36N6O2. The Morgan fingerprint density at radius 3 is 2.53 bits per heavy atom. The van der Waals surface area contributed by atoms with Gasteiger partial charge in [-0.1, -0.05) is 31.6 Å². The lowest BCUT2D eigenvalue weighted by atomic mass is 10.2. The summed E-state index contributed by atoms with van der Waals surface area (Å²) >= 11 is 0. The molecule has 0 atom stereocenters. The number of carbonyl (C=O) groups is 1. The first-order chi connectivity index (χ1) is 18.4. The largest absolute Gasteiger partial charge is 0.378 e. The number of likely N-dealkylation sites (tertiary alicyclic amines) is 1. The number of hydrogen-bond donors (Lipinski definition) is 1. The standard InChI is InChI=1S/C30H36N6O2/c1-4-5-8-23-30(38)33-24-19-26-27(20-25(24)31-23)36(18-7-17-35-16-6-9-29(35)37)28(32-26)15-12-21-10-13-22(14-11-21)34(2)3/h10-15,19-20H,4-9,16-18H2,1-3H3,(H,33,38). The van der Waals surface area contributed by atoms with Gasteiger partial charge >= 0.3 is 0 Å². The van der Waals surface area contributed by atoms with E-state index in [0.29, 0.717) is 24.1 Å². The van der Waals surface area contributed by atoms with Crippen LogP contribution in [0.1, 0.15) is 56.1 Å². The summed E-state index contributed by atoms with van der Waals surface area (Å²) in [4.78, 5) is 41.4. The lowest BCUT2D eigenvalue weighted by Gasteiger charge is -2.16. The molecule has 1 aliphatic heterocycles. The number of amides is 1. The van der Waals surface area contributed by atoms with Crippen molar-refractivity contribution in [3.8, 4) is 0 Å². The van der Waals surface area contributed by atoms with Gasteiger partial charge in [0.25, 0.3) is 5.56 Å². The molecule has 2 aromatic carbocycles. The maximum Gasteiger partial charge on any atom is 0.270 e. The molecule has 1 aliphatic rings. The van der Waals surface area contributed by atoms with Crippen molar-refractivity contribution in [1.82, 2.24) is 24.4 Å². The number of nitrogens with one attached hydrogen (secondary N) is 1. The summed E-state index contributed by atoms with van der Waals surface area (Å²) in [7, 11) is 4.06. The molecule has 198 valence electrons. The summed E-state index contributed by atoms with van der Waals surface area (Å²) in [5, 5.41) is 0. The van der Waals surface area contributed by atoms with E-state index in [2.05, 4.69) is 51.7 Å². The van der Waals surface area contributed by atoms with Crippen molar-refractivity contribution in [2.24, 2.45) is 0 Å². The van der Waals surface area contributed by atoms with Gasteiger partial charge in [-0.3, -0.25) is 9.59 Å². The van der Waals surface area contributed by atoms with E-state index in [1.165, 1.54) is 0 Å². The van der Waals surface area contributed by atoms with Gasteiger partial charge in [-0.2, -0.15) is 0 Å². The average molecular weight is 513 g/mol. The Morgan fingerprint density at radius 1 is 1.00 bits per heavy atom. The van der Waals surface area contributed by atoms with Crippen LogP contribution in [-0.4, -0.2) is 57.5 Å². The fourth-order valence-electron chi connectivity index (χ4n) is 5.05. The second kappa shape index (κ2) is 11.2. The minimum atomic E-state index is -0.124. The molecule has 2 aromatic heterocycles. The molecule has 0 spiro atoms. The van der Waals surface area contributed by atoms with Gasteiger partial charge in [0.15, 0.2) is 0 Å². The first kappa shape index (κ1) is 25.7. The Balaban J connectivity index is 1.50. The van der Waals surface area contributed by atoms with E-state index in [-0.39, 0.29) is 11.5 Å². The summed E-state index contributed by atoms with van der Waals surface area (Å²) in [5.41, 5.74) is 5.97. The molecule has 0 saturated carbocycles. The molecule has 5 rings (SSSR count). The highest BCUT2D eigenvalue weighted by Gasteiger charge is 2.20. The third kappa shape index (κ3) is 5.49. The van der Waals surface area contributed by atoms with E-state index in [1.54, 1.807) is 0 Å². The number of aryl methyl sites for hydroxylation is 2. The molecule has 8 heteroatoms. The van der Waals surface area contributed by atoms with Crippen molar-refractivity contribution in [2.75, 3.05) is 32.1 Å². The van der Waals surface area contributed by atoms with Gasteiger partial charge in [0.1, 0.15) is 11.5 Å². The molecule has 3 heterocycles. The van der Waals surface area contributed by atoms with Gasteiger partial charge in [-0.05, 0) is 61.6 Å². The number of aromatic amines is 1. The van der Waals surface area contributed by atoms with Gasteiger partial charge in [-0.25, -0.2) is 9.97 Å². The zero-order valence-electron chi connectivity index (χ0n) is 22.5. The molecular weight excluding hydrogens is 476 g/mol. The van der Waals surface area contributed by atoms with Crippen molar-refractivity contribution in [3.05, 3.63) is 63.8 Å². The molecule has 0 bridgehead atoms. The van der Waals surface area contributed by atoms with Crippen LogP contribution in [0.15, 0.2) is 41.2 Å². The molecule has 1 N–H and O–H groups in total. The fraction of sp³-hybridized carbons (Fsp3) is 0.400. The number of hydrogen-bond acceptors (Lipinski definition) is 5. The van der Waals surface area contributed by atoms with Gasteiger partial charge in [0.05, 0.1) is 22.1 Å². The van der Waals surface area contributed by atoms with Crippen molar-refractivity contribution < 1.29 is 4.79 Å². The number of imidazole rings is 1. The SMILES string of the molecule is CCCCc1nc2cc3c(cc2[nH]c1=O)nc(C=Cc1ccc(N(C)C)cc1)n3CCCN1CCCC1=O. The van der Waals surface area contributed by atoms with Crippen molar-refractivity contribution in [2.45, 2.75) is 52.0 Å². The number of aromatic nitrogens is 4. The number of carbonyl (C=O) groups excluding carboxylic acids is 1. The Labute approximate surface area is 223 Å². The number of nitrogens with zero attached hydrogens (tertiary/aromatic N) is 5. The summed E-state index contributed by atoms with van der Waals surface area (Å²) in [5.74, 6) is 1.09. The van der Waals surface area contributed by atoms with Gasteiger partial charge < -0.3 is 19.4 Å². The predicted octanol–water partition coefficient (Wildman–Crippen LogP) is 4.86. The number of H-pyrrole nitrogens is 1. The Morgan fingerprint density at radius 2 is 1.82 bits per heavy atom. The minimum absolute atomic E-state index is 0.124. The molecule has 8 nitrogen and oxygen atoms in total. The monoisotopic (exact) mass is 512 g/mol. The molecule has 4 aromatic rings. The summed E-state index contributed by atoms with van der Waals surface area (Å²) in [6.45, 7) is 4.44. The quantitative estimate of drug-likeness (QED) is 0.328. The van der Waals surface area contributed by atoms with Crippen LogP contribution < -0.4 is 10.5 Å². The Kier molecular flexibility index (Phi) is 7.58. The second-order valence-corrected chi connectivity index (χ2v) is 10.3. The van der Waals surface area contributed by atoms with Gasteiger partial charge in [-0.15, -0.1) is 0 Å². The highest BCUT2D eigenvalue weighted by Crippen LogP contribution is 2.24. The highest BCUT2D eigenvalue weighted by atomic mass is 16.2. The zero-order chi connectivity index (χ0) is 26.6. The summed E-state index contributed by atoms with van der Waals surface area (Å²) < 4.78 is 2.21. The molecule has 1 fully saturated rings. The van der Waals surface area contributed by atoms with E-state index < -0.39 is 0 Å². The molecule has 1 amide bonds. The molecule has 1 saturated heterocycles. The smallest absolute Gasteiger partial charge is 0.270 e. The minimum Gasteiger partial charge on any atom is -0.378 e. The van der Waals surface area contributed by atoms with E-state index in [4.69, 9.17) is 9.97 Å². The zero-order valence-corrected chi connectivity index (χ0v) is 22.5. The Hall–Kier alpha value is -3.94. The van der Waals surface area contributed by atoms with Crippen LogP contribution in [0.3, 0.4) is 0 Å². The van der Waals surface area contributed by atoms with Crippen LogP contribution in [0.4, 0.5) is 5.69 Å². The summed E-state index contributed by atoms with van der Waals surface area (Å²) in [6.07, 6.45) is 9.18. The first-order valence-corrected chi connectivity index (χ1v) is 13.6. The highest BCUT2D eigenvalue weighted by molar-refractivity contribution is 5.92. The number of fused-ring (bicyclic) bond motifs is 2. The molecule has 0 aliphatic carbocycles. The fourth-order valence-corrected chi connectivity index (χ4v) is 5.05. The first-order valence-electron chi connectivity index (χ1n) is 13.6. The van der Waals surface area contributed by atoms with E-state index in [9.17, 15) is 9.59 Å². The van der Waals surface area contributed by atoms with Crippen LogP contribution in [0.2, 0.25) is 0 Å². The van der Waals surface area contributed by atoms with E-state index in [0.717, 1.165) is 78.9 Å². The second-order valence-electron chi connectivity index (χ2n) is 10.3. The van der Waals surface area contributed by atoms with Crippen LogP contribution in [0, 0.1) is 0 Å². The third-order valence-electron chi connectivity index (χ3n) is 7.24. The average Bonchev–Trinajstić information content (AvgIpc) is 3.47. The molecule has 0 radical (unpaired) electrons. The topological polar surface area (TPSA) is 87.1 Å². The third-order valence-corrected chi connectivity index (χ3v) is 7.24. The maximum atomic E-state index is 12.6.